The molecule has 0 aromatic heterocycles. The van der Waals surface area contributed by atoms with Gasteiger partial charge in [-0.15, -0.1) is 12.4 Å². The summed E-state index contributed by atoms with van der Waals surface area (Å²) in [5.41, 5.74) is -2.89. The molecule has 1 aromatic rings. The highest BCUT2D eigenvalue weighted by Gasteiger charge is 2.37. The molecule has 0 fully saturated rings. The van der Waals surface area contributed by atoms with Crippen LogP contribution in [0.1, 0.15) is 16.7 Å². The lowest BCUT2D eigenvalue weighted by Crippen LogP contribution is -2.28. The molecule has 0 amide bonds. The van der Waals surface area contributed by atoms with Gasteiger partial charge in [-0.25, -0.2) is 0 Å². The molecule has 0 unspecified atom stereocenters. The van der Waals surface area contributed by atoms with Gasteiger partial charge in [0.25, 0.3) is 0 Å². The summed E-state index contributed by atoms with van der Waals surface area (Å²) in [6.45, 7) is 0.406. The lowest BCUT2D eigenvalue weighted by molar-refractivity contribution is -0.143. The lowest BCUT2D eigenvalue weighted by atomic mass is 10.0. The Balaban J connectivity index is 0.00000288. The summed E-state index contributed by atoms with van der Waals surface area (Å²) >= 11 is 0. The van der Waals surface area contributed by atoms with Gasteiger partial charge in [-0.1, -0.05) is 5.16 Å². The summed E-state index contributed by atoms with van der Waals surface area (Å²) in [6, 6.07) is 1.42. The first-order chi connectivity index (χ1) is 10.6. The van der Waals surface area contributed by atoms with E-state index in [-0.39, 0.29) is 36.4 Å². The Morgan fingerprint density at radius 3 is 2.08 bits per heavy atom. The third-order valence-electron chi connectivity index (χ3n) is 3.16. The van der Waals surface area contributed by atoms with Gasteiger partial charge >= 0.3 is 12.4 Å². The van der Waals surface area contributed by atoms with Crippen LogP contribution in [0.2, 0.25) is 0 Å². The average Bonchev–Trinajstić information content (AvgIpc) is 2.84. The van der Waals surface area contributed by atoms with E-state index in [4.69, 9.17) is 5.21 Å². The van der Waals surface area contributed by atoms with Crippen LogP contribution in [0.25, 0.3) is 0 Å². The van der Waals surface area contributed by atoms with Gasteiger partial charge in [-0.2, -0.15) is 26.3 Å². The molecular weight excluding hydrogens is 364 g/mol. The summed E-state index contributed by atoms with van der Waals surface area (Å²) in [7, 11) is 0. The van der Waals surface area contributed by atoms with E-state index in [2.05, 4.69) is 10.1 Å². The number of halogens is 7. The van der Waals surface area contributed by atoms with E-state index in [1.54, 1.807) is 0 Å². The zero-order valence-electron chi connectivity index (χ0n) is 11.9. The van der Waals surface area contributed by atoms with Gasteiger partial charge < -0.3 is 10.1 Å². The fourth-order valence-electron chi connectivity index (χ4n) is 2.16. The number of rotatable bonds is 3. The maximum absolute atomic E-state index is 12.8. The van der Waals surface area contributed by atoms with Gasteiger partial charge in [-0.3, -0.25) is 4.99 Å². The number of benzene rings is 1. The van der Waals surface area contributed by atoms with Crippen molar-refractivity contribution in [2.45, 2.75) is 18.9 Å². The van der Waals surface area contributed by atoms with Crippen LogP contribution >= 0.6 is 12.4 Å². The van der Waals surface area contributed by atoms with Gasteiger partial charge in [-0.05, 0) is 23.8 Å². The number of hydrogen-bond donors (Lipinski definition) is 1. The van der Waals surface area contributed by atoms with E-state index in [0.29, 0.717) is 25.2 Å². The number of oxime groups is 1. The molecule has 1 heterocycles. The molecule has 1 aromatic carbocycles. The van der Waals surface area contributed by atoms with Crippen LogP contribution in [0.3, 0.4) is 0 Å². The van der Waals surface area contributed by atoms with Crippen LogP contribution in [0.15, 0.2) is 28.3 Å². The highest BCUT2D eigenvalue weighted by Crippen LogP contribution is 2.36. The Morgan fingerprint density at radius 2 is 1.62 bits per heavy atom. The van der Waals surface area contributed by atoms with Crippen molar-refractivity contribution in [2.24, 2.45) is 10.1 Å². The van der Waals surface area contributed by atoms with Crippen molar-refractivity contribution in [1.29, 1.82) is 0 Å². The smallest absolute Gasteiger partial charge is 0.411 e. The van der Waals surface area contributed by atoms with Crippen molar-refractivity contribution < 1.29 is 31.5 Å². The SMILES string of the molecule is Cl.ON=CC1=NCCN1Cc1cc(C(F)(F)F)cc(C(F)(F)F)c1. The molecule has 1 N–H and O–H groups in total. The van der Waals surface area contributed by atoms with Crippen LogP contribution in [0, 0.1) is 0 Å². The first kappa shape index (κ1) is 20.1. The second kappa shape index (κ2) is 7.29. The molecule has 0 saturated carbocycles. The second-order valence-electron chi connectivity index (χ2n) is 4.82. The molecule has 134 valence electrons. The van der Waals surface area contributed by atoms with Crippen molar-refractivity contribution in [2.75, 3.05) is 13.1 Å². The van der Waals surface area contributed by atoms with E-state index in [1.165, 1.54) is 4.90 Å². The molecular formula is C13H12ClF6N3O. The summed E-state index contributed by atoms with van der Waals surface area (Å²) in [5.74, 6) is 0.193. The van der Waals surface area contributed by atoms with Crippen molar-refractivity contribution in [3.8, 4) is 0 Å². The predicted octanol–water partition coefficient (Wildman–Crippen LogP) is 3.82. The fourth-order valence-corrected chi connectivity index (χ4v) is 2.16. The van der Waals surface area contributed by atoms with Crippen LogP contribution in [-0.2, 0) is 18.9 Å². The minimum atomic E-state index is -4.88. The Kier molecular flexibility index (Phi) is 6.09. The number of nitrogens with zero attached hydrogens (tertiary/aromatic N) is 3. The number of aliphatic imine (C=N–C) groups is 1. The molecule has 0 spiro atoms. The van der Waals surface area contributed by atoms with Gasteiger partial charge in [0.05, 0.1) is 17.7 Å². The van der Waals surface area contributed by atoms with Crippen LogP contribution < -0.4 is 0 Å². The van der Waals surface area contributed by atoms with Crippen molar-refractivity contribution in [1.82, 2.24) is 4.90 Å². The van der Waals surface area contributed by atoms with Gasteiger partial charge in [0.15, 0.2) is 0 Å². The normalized spacial score (nSPS) is 15.6. The van der Waals surface area contributed by atoms with E-state index in [9.17, 15) is 26.3 Å². The maximum Gasteiger partial charge on any atom is 0.416 e. The first-order valence-corrected chi connectivity index (χ1v) is 6.36. The van der Waals surface area contributed by atoms with E-state index in [1.807, 2.05) is 0 Å². The molecule has 0 aliphatic carbocycles. The molecule has 0 bridgehead atoms. The Morgan fingerprint density at radius 1 is 1.08 bits per heavy atom. The zero-order valence-corrected chi connectivity index (χ0v) is 12.7. The standard InChI is InChI=1S/C13H11F6N3O.ClH/c14-12(15,16)9-3-8(4-10(5-9)13(17,18)19)7-22-2-1-20-11(22)6-21-23;/h3-6,23H,1-2,7H2;1H. The predicted molar refractivity (Wildman–Crippen MR) is 76.7 cm³/mol. The first-order valence-electron chi connectivity index (χ1n) is 6.36. The number of amidine groups is 1. The van der Waals surface area contributed by atoms with E-state index in [0.717, 1.165) is 6.21 Å². The highest BCUT2D eigenvalue weighted by molar-refractivity contribution is 6.29. The van der Waals surface area contributed by atoms with Crippen LogP contribution in [0.4, 0.5) is 26.3 Å². The van der Waals surface area contributed by atoms with E-state index >= 15 is 0 Å². The molecule has 1 aliphatic rings. The summed E-state index contributed by atoms with van der Waals surface area (Å²) < 4.78 is 76.7. The van der Waals surface area contributed by atoms with Crippen LogP contribution in [0.5, 0.6) is 0 Å². The molecule has 0 radical (unpaired) electrons. The van der Waals surface area contributed by atoms with Crippen molar-refractivity contribution in [3.63, 3.8) is 0 Å². The minimum Gasteiger partial charge on any atom is -0.411 e. The molecule has 0 atom stereocenters. The lowest BCUT2D eigenvalue weighted by Gasteiger charge is -2.20. The highest BCUT2D eigenvalue weighted by atomic mass is 35.5. The molecule has 24 heavy (non-hydrogen) atoms. The fraction of sp³-hybridized carbons (Fsp3) is 0.385. The molecule has 4 nitrogen and oxygen atoms in total. The van der Waals surface area contributed by atoms with Crippen molar-refractivity contribution in [3.05, 3.63) is 34.9 Å². The van der Waals surface area contributed by atoms with Gasteiger partial charge in [0, 0.05) is 13.1 Å². The van der Waals surface area contributed by atoms with Crippen LogP contribution in [-0.4, -0.2) is 35.2 Å². The molecule has 11 heteroatoms. The van der Waals surface area contributed by atoms with Gasteiger partial charge in [0.2, 0.25) is 0 Å². The Hall–Kier alpha value is -1.97. The van der Waals surface area contributed by atoms with Gasteiger partial charge in [0.1, 0.15) is 12.1 Å². The number of hydrogen-bond acceptors (Lipinski definition) is 4. The average molecular weight is 376 g/mol. The molecule has 0 saturated heterocycles. The quantitative estimate of drug-likeness (QED) is 0.378. The Bertz CT molecular complexity index is 609. The third kappa shape index (κ3) is 4.76. The van der Waals surface area contributed by atoms with Crippen molar-refractivity contribution >= 4 is 24.5 Å². The monoisotopic (exact) mass is 375 g/mol. The summed E-state index contributed by atoms with van der Waals surface area (Å²) in [5, 5.41) is 11.2. The van der Waals surface area contributed by atoms with E-state index < -0.39 is 23.5 Å². The third-order valence-corrected chi connectivity index (χ3v) is 3.16. The summed E-state index contributed by atoms with van der Waals surface area (Å²) in [4.78, 5) is 5.36. The topological polar surface area (TPSA) is 48.2 Å². The second-order valence-corrected chi connectivity index (χ2v) is 4.82. The largest absolute Gasteiger partial charge is 0.416 e. The summed E-state index contributed by atoms with van der Waals surface area (Å²) in [6.07, 6.45) is -8.79. The Labute approximate surface area is 138 Å². The maximum atomic E-state index is 12.8. The zero-order chi connectivity index (χ0) is 17.3. The molecule has 1 aliphatic heterocycles. The molecule has 2 rings (SSSR count). The number of alkyl halides is 6. The minimum absolute atomic E-state index is 0.